The fourth-order valence-electron chi connectivity index (χ4n) is 4.43. The Hall–Kier alpha value is -2.93. The van der Waals surface area contributed by atoms with Crippen molar-refractivity contribution in [1.29, 1.82) is 0 Å². The van der Waals surface area contributed by atoms with Crippen LogP contribution in [-0.2, 0) is 16.1 Å². The molecule has 172 valence electrons. The number of benzene rings is 2. The third-order valence-electron chi connectivity index (χ3n) is 6.42. The average molecular weight is 464 g/mol. The molecule has 7 heteroatoms. The third-order valence-corrected chi connectivity index (χ3v) is 7.46. The van der Waals surface area contributed by atoms with E-state index >= 15 is 0 Å². The first kappa shape index (κ1) is 21.9. The van der Waals surface area contributed by atoms with Crippen LogP contribution in [-0.4, -0.2) is 41.4 Å². The second kappa shape index (κ2) is 9.51. The van der Waals surface area contributed by atoms with Gasteiger partial charge in [-0.25, -0.2) is 4.98 Å². The van der Waals surface area contributed by atoms with Crippen molar-refractivity contribution >= 4 is 38.5 Å². The molecule has 2 heterocycles. The standard InChI is InChI=1S/C26H29N3O3S/c1-2-32-21-10-11-22-23(16-21)33-26(27-22)29(17-18-6-4-3-5-7-18)25(31)20-12-14-28(15-13-20)24(30)19-8-9-19/h3-7,10-11,16,19-20H,2,8-9,12-15,17H2,1H3. The van der Waals surface area contributed by atoms with Crippen LogP contribution in [0.1, 0.15) is 38.2 Å². The molecule has 1 saturated carbocycles. The number of hydrogen-bond donors (Lipinski definition) is 0. The first-order chi connectivity index (χ1) is 16.1. The van der Waals surface area contributed by atoms with Gasteiger partial charge in [-0.1, -0.05) is 41.7 Å². The summed E-state index contributed by atoms with van der Waals surface area (Å²) in [5.41, 5.74) is 1.94. The molecule has 0 spiro atoms. The molecule has 1 saturated heterocycles. The highest BCUT2D eigenvalue weighted by Gasteiger charge is 2.37. The molecule has 6 nitrogen and oxygen atoms in total. The van der Waals surface area contributed by atoms with Crippen LogP contribution in [0.5, 0.6) is 5.75 Å². The monoisotopic (exact) mass is 463 g/mol. The molecular formula is C26H29N3O3S. The van der Waals surface area contributed by atoms with Crippen LogP contribution in [0, 0.1) is 11.8 Å². The van der Waals surface area contributed by atoms with Crippen LogP contribution in [0.2, 0.25) is 0 Å². The minimum absolute atomic E-state index is 0.0945. The number of nitrogens with zero attached hydrogens (tertiary/aromatic N) is 3. The summed E-state index contributed by atoms with van der Waals surface area (Å²) in [5.74, 6) is 1.33. The fourth-order valence-corrected chi connectivity index (χ4v) is 5.42. The van der Waals surface area contributed by atoms with E-state index in [0.717, 1.165) is 34.4 Å². The third kappa shape index (κ3) is 4.88. The van der Waals surface area contributed by atoms with Gasteiger partial charge in [-0.15, -0.1) is 0 Å². The van der Waals surface area contributed by atoms with Crippen LogP contribution >= 0.6 is 11.3 Å². The summed E-state index contributed by atoms with van der Waals surface area (Å²) >= 11 is 1.52. The number of hydrogen-bond acceptors (Lipinski definition) is 5. The zero-order valence-corrected chi connectivity index (χ0v) is 19.7. The molecule has 3 aromatic rings. The average Bonchev–Trinajstić information content (AvgIpc) is 3.62. The molecular weight excluding hydrogens is 434 g/mol. The van der Waals surface area contributed by atoms with Gasteiger partial charge < -0.3 is 9.64 Å². The molecule has 0 unspecified atom stereocenters. The van der Waals surface area contributed by atoms with Gasteiger partial charge in [0, 0.05) is 24.9 Å². The van der Waals surface area contributed by atoms with Gasteiger partial charge in [0.15, 0.2) is 5.13 Å². The van der Waals surface area contributed by atoms with E-state index in [1.54, 1.807) is 0 Å². The zero-order valence-electron chi connectivity index (χ0n) is 18.9. The molecule has 1 aliphatic carbocycles. The maximum atomic E-state index is 13.7. The van der Waals surface area contributed by atoms with Crippen molar-refractivity contribution in [1.82, 2.24) is 9.88 Å². The van der Waals surface area contributed by atoms with Crippen molar-refractivity contribution in [2.24, 2.45) is 11.8 Å². The van der Waals surface area contributed by atoms with E-state index in [4.69, 9.17) is 9.72 Å². The largest absolute Gasteiger partial charge is 0.494 e. The maximum absolute atomic E-state index is 13.7. The van der Waals surface area contributed by atoms with E-state index in [1.807, 2.05) is 65.3 Å². The zero-order chi connectivity index (χ0) is 22.8. The van der Waals surface area contributed by atoms with Gasteiger partial charge >= 0.3 is 0 Å². The molecule has 2 aromatic carbocycles. The van der Waals surface area contributed by atoms with E-state index in [-0.39, 0.29) is 23.7 Å². The normalized spacial score (nSPS) is 16.7. The summed E-state index contributed by atoms with van der Waals surface area (Å²) < 4.78 is 6.64. The second-order valence-electron chi connectivity index (χ2n) is 8.84. The van der Waals surface area contributed by atoms with E-state index in [9.17, 15) is 9.59 Å². The Balaban J connectivity index is 1.38. The van der Waals surface area contributed by atoms with Crippen molar-refractivity contribution in [3.05, 3.63) is 54.1 Å². The van der Waals surface area contributed by atoms with Crippen LogP contribution in [0.25, 0.3) is 10.2 Å². The number of fused-ring (bicyclic) bond motifs is 1. The maximum Gasteiger partial charge on any atom is 0.232 e. The predicted octanol–water partition coefficient (Wildman–Crippen LogP) is 4.88. The highest BCUT2D eigenvalue weighted by molar-refractivity contribution is 7.22. The van der Waals surface area contributed by atoms with Gasteiger partial charge in [0.1, 0.15) is 5.75 Å². The number of anilines is 1. The molecule has 0 N–H and O–H groups in total. The molecule has 0 radical (unpaired) electrons. The Bertz CT molecular complexity index is 1130. The van der Waals surface area contributed by atoms with Crippen molar-refractivity contribution in [2.45, 2.75) is 39.2 Å². The van der Waals surface area contributed by atoms with Gasteiger partial charge in [0.05, 0.1) is 23.4 Å². The van der Waals surface area contributed by atoms with E-state index < -0.39 is 0 Å². The summed E-state index contributed by atoms with van der Waals surface area (Å²) in [6.45, 7) is 4.40. The number of piperidine rings is 1. The number of amides is 2. The number of rotatable bonds is 7. The SMILES string of the molecule is CCOc1ccc2nc(N(Cc3ccccc3)C(=O)C3CCN(C(=O)C4CC4)CC3)sc2c1. The Labute approximate surface area is 198 Å². The number of thiazole rings is 1. The predicted molar refractivity (Wildman–Crippen MR) is 130 cm³/mol. The highest BCUT2D eigenvalue weighted by Crippen LogP contribution is 2.35. The molecule has 1 aliphatic heterocycles. The molecule has 33 heavy (non-hydrogen) atoms. The molecule has 2 amide bonds. The molecule has 1 aromatic heterocycles. The number of carbonyl (C=O) groups excluding carboxylic acids is 2. The highest BCUT2D eigenvalue weighted by atomic mass is 32.1. The Morgan fingerprint density at radius 3 is 2.52 bits per heavy atom. The Morgan fingerprint density at radius 1 is 1.06 bits per heavy atom. The minimum Gasteiger partial charge on any atom is -0.494 e. The Morgan fingerprint density at radius 2 is 1.82 bits per heavy atom. The van der Waals surface area contributed by atoms with Gasteiger partial charge in [-0.05, 0) is 56.4 Å². The fraction of sp³-hybridized carbons (Fsp3) is 0.423. The number of aromatic nitrogens is 1. The molecule has 0 atom stereocenters. The lowest BCUT2D eigenvalue weighted by atomic mass is 9.95. The number of likely N-dealkylation sites (tertiary alicyclic amines) is 1. The van der Waals surface area contributed by atoms with Crippen LogP contribution in [0.4, 0.5) is 5.13 Å². The topological polar surface area (TPSA) is 62.7 Å². The number of carbonyl (C=O) groups is 2. The lowest BCUT2D eigenvalue weighted by Gasteiger charge is -2.33. The van der Waals surface area contributed by atoms with E-state index in [2.05, 4.69) is 0 Å². The van der Waals surface area contributed by atoms with E-state index in [1.165, 1.54) is 11.3 Å². The van der Waals surface area contributed by atoms with Gasteiger partial charge in [-0.3, -0.25) is 14.5 Å². The molecule has 2 fully saturated rings. The van der Waals surface area contributed by atoms with Crippen molar-refractivity contribution < 1.29 is 14.3 Å². The van der Waals surface area contributed by atoms with Crippen LogP contribution in [0.15, 0.2) is 48.5 Å². The van der Waals surface area contributed by atoms with Crippen LogP contribution in [0.3, 0.4) is 0 Å². The van der Waals surface area contributed by atoms with Crippen molar-refractivity contribution in [3.8, 4) is 5.75 Å². The summed E-state index contributed by atoms with van der Waals surface area (Å²) in [5, 5.41) is 0.712. The quantitative estimate of drug-likeness (QED) is 0.501. The van der Waals surface area contributed by atoms with Gasteiger partial charge in [0.2, 0.25) is 11.8 Å². The second-order valence-corrected chi connectivity index (χ2v) is 9.85. The van der Waals surface area contributed by atoms with Crippen molar-refractivity contribution in [3.63, 3.8) is 0 Å². The molecule has 5 rings (SSSR count). The number of ether oxygens (including phenoxy) is 1. The van der Waals surface area contributed by atoms with E-state index in [0.29, 0.717) is 44.2 Å². The summed E-state index contributed by atoms with van der Waals surface area (Å²) in [7, 11) is 0. The summed E-state index contributed by atoms with van der Waals surface area (Å²) in [4.78, 5) is 34.8. The van der Waals surface area contributed by atoms with Crippen molar-refractivity contribution in [2.75, 3.05) is 24.6 Å². The molecule has 0 bridgehead atoms. The Kier molecular flexibility index (Phi) is 6.31. The lowest BCUT2D eigenvalue weighted by molar-refractivity contribution is -0.136. The first-order valence-electron chi connectivity index (χ1n) is 11.8. The first-order valence-corrected chi connectivity index (χ1v) is 12.6. The smallest absolute Gasteiger partial charge is 0.232 e. The summed E-state index contributed by atoms with van der Waals surface area (Å²) in [6, 6.07) is 15.9. The minimum atomic E-state index is -0.0945. The molecule has 2 aliphatic rings. The van der Waals surface area contributed by atoms with Gasteiger partial charge in [0.25, 0.3) is 0 Å². The summed E-state index contributed by atoms with van der Waals surface area (Å²) in [6.07, 6.45) is 3.46. The van der Waals surface area contributed by atoms with Crippen LogP contribution < -0.4 is 9.64 Å². The van der Waals surface area contributed by atoms with Gasteiger partial charge in [-0.2, -0.15) is 0 Å². The lowest BCUT2D eigenvalue weighted by Crippen LogP contribution is -2.44.